The van der Waals surface area contributed by atoms with Crippen LogP contribution in [-0.4, -0.2) is 13.1 Å². The van der Waals surface area contributed by atoms with Crippen molar-refractivity contribution >= 4 is 0 Å². The molecule has 0 bridgehead atoms. The Labute approximate surface area is 75.2 Å². The molecule has 1 aliphatic carbocycles. The summed E-state index contributed by atoms with van der Waals surface area (Å²) in [5.41, 5.74) is 0. The van der Waals surface area contributed by atoms with E-state index in [1.54, 1.807) is 0 Å². The Bertz CT molecular complexity index is 168. The minimum atomic E-state index is 0.829. The van der Waals surface area contributed by atoms with Crippen LogP contribution < -0.4 is 5.32 Å². The smallest absolute Gasteiger partial charge is 0.00144 e. The fourth-order valence-electron chi connectivity index (χ4n) is 2.42. The van der Waals surface area contributed by atoms with Gasteiger partial charge >= 0.3 is 0 Å². The van der Waals surface area contributed by atoms with Crippen LogP contribution in [0.3, 0.4) is 0 Å². The summed E-state index contributed by atoms with van der Waals surface area (Å²) >= 11 is 0. The Balaban J connectivity index is 1.91. The van der Waals surface area contributed by atoms with Crippen LogP contribution in [0.5, 0.6) is 0 Å². The Morgan fingerprint density at radius 2 is 2.08 bits per heavy atom. The maximum Gasteiger partial charge on any atom is -0.00144 e. The SMILES string of the molecule is CC1C=CC(C2CCNC2)CC1. The van der Waals surface area contributed by atoms with Gasteiger partial charge < -0.3 is 5.32 Å². The standard InChI is InChI=1S/C11H19N/c1-9-2-4-10(5-3-9)11-6-7-12-8-11/h2,4,9-12H,3,5-8H2,1H3. The lowest BCUT2D eigenvalue weighted by atomic mass is 9.81. The third-order valence-corrected chi connectivity index (χ3v) is 3.35. The molecule has 1 fully saturated rings. The van der Waals surface area contributed by atoms with Gasteiger partial charge in [0.15, 0.2) is 0 Å². The first kappa shape index (κ1) is 8.31. The van der Waals surface area contributed by atoms with Crippen molar-refractivity contribution in [1.82, 2.24) is 5.32 Å². The van der Waals surface area contributed by atoms with Gasteiger partial charge in [0, 0.05) is 0 Å². The monoisotopic (exact) mass is 165 g/mol. The molecule has 1 heterocycles. The van der Waals surface area contributed by atoms with E-state index in [9.17, 15) is 0 Å². The number of nitrogens with one attached hydrogen (secondary N) is 1. The molecule has 68 valence electrons. The molecule has 1 N–H and O–H groups in total. The van der Waals surface area contributed by atoms with Crippen LogP contribution in [0.25, 0.3) is 0 Å². The average molecular weight is 165 g/mol. The molecular weight excluding hydrogens is 146 g/mol. The zero-order valence-corrected chi connectivity index (χ0v) is 7.92. The van der Waals surface area contributed by atoms with Crippen LogP contribution >= 0.6 is 0 Å². The second kappa shape index (κ2) is 3.61. The van der Waals surface area contributed by atoms with Gasteiger partial charge in [0.25, 0.3) is 0 Å². The Morgan fingerprint density at radius 3 is 2.67 bits per heavy atom. The van der Waals surface area contributed by atoms with E-state index in [4.69, 9.17) is 0 Å². The van der Waals surface area contributed by atoms with E-state index >= 15 is 0 Å². The van der Waals surface area contributed by atoms with E-state index in [0.29, 0.717) is 0 Å². The molecule has 1 saturated heterocycles. The Morgan fingerprint density at radius 1 is 1.17 bits per heavy atom. The predicted molar refractivity (Wildman–Crippen MR) is 52.0 cm³/mol. The van der Waals surface area contributed by atoms with Crippen LogP contribution in [0.4, 0.5) is 0 Å². The van der Waals surface area contributed by atoms with Crippen LogP contribution in [0.15, 0.2) is 12.2 Å². The first-order valence-electron chi connectivity index (χ1n) is 5.25. The summed E-state index contributed by atoms with van der Waals surface area (Å²) in [6, 6.07) is 0. The number of allylic oxidation sites excluding steroid dienone is 2. The molecule has 0 radical (unpaired) electrons. The van der Waals surface area contributed by atoms with Crippen molar-refractivity contribution in [2.45, 2.75) is 26.2 Å². The van der Waals surface area contributed by atoms with E-state index in [1.807, 2.05) is 0 Å². The van der Waals surface area contributed by atoms with Crippen molar-refractivity contribution in [3.63, 3.8) is 0 Å². The van der Waals surface area contributed by atoms with Crippen molar-refractivity contribution in [3.05, 3.63) is 12.2 Å². The van der Waals surface area contributed by atoms with Crippen LogP contribution in [-0.2, 0) is 0 Å². The highest BCUT2D eigenvalue weighted by Gasteiger charge is 2.24. The Kier molecular flexibility index (Phi) is 2.50. The van der Waals surface area contributed by atoms with Gasteiger partial charge in [-0.3, -0.25) is 0 Å². The van der Waals surface area contributed by atoms with Gasteiger partial charge in [0.05, 0.1) is 0 Å². The molecule has 0 spiro atoms. The average Bonchev–Trinajstić information content (AvgIpc) is 2.58. The van der Waals surface area contributed by atoms with Gasteiger partial charge in [-0.2, -0.15) is 0 Å². The molecule has 0 saturated carbocycles. The lowest BCUT2D eigenvalue weighted by Gasteiger charge is -2.24. The van der Waals surface area contributed by atoms with Crippen molar-refractivity contribution in [2.24, 2.45) is 17.8 Å². The lowest BCUT2D eigenvalue weighted by Crippen LogP contribution is -2.19. The summed E-state index contributed by atoms with van der Waals surface area (Å²) < 4.78 is 0. The van der Waals surface area contributed by atoms with Crippen LogP contribution in [0.2, 0.25) is 0 Å². The molecule has 1 aliphatic heterocycles. The zero-order valence-electron chi connectivity index (χ0n) is 7.92. The first-order chi connectivity index (χ1) is 5.86. The normalized spacial score (nSPS) is 41.9. The van der Waals surface area contributed by atoms with Crippen molar-refractivity contribution in [3.8, 4) is 0 Å². The summed E-state index contributed by atoms with van der Waals surface area (Å²) in [6.45, 7) is 4.81. The maximum absolute atomic E-state index is 3.45. The zero-order chi connectivity index (χ0) is 8.39. The molecule has 0 amide bonds. The van der Waals surface area contributed by atoms with E-state index < -0.39 is 0 Å². The molecule has 1 heteroatoms. The summed E-state index contributed by atoms with van der Waals surface area (Å²) in [5, 5.41) is 3.45. The molecule has 0 aromatic carbocycles. The summed E-state index contributed by atoms with van der Waals surface area (Å²) in [4.78, 5) is 0. The number of hydrogen-bond acceptors (Lipinski definition) is 1. The second-order valence-electron chi connectivity index (χ2n) is 4.36. The molecule has 3 unspecified atom stereocenters. The molecule has 1 nitrogen and oxygen atoms in total. The van der Waals surface area contributed by atoms with Crippen LogP contribution in [0, 0.1) is 17.8 Å². The van der Waals surface area contributed by atoms with Crippen molar-refractivity contribution in [2.75, 3.05) is 13.1 Å². The first-order valence-corrected chi connectivity index (χ1v) is 5.25. The topological polar surface area (TPSA) is 12.0 Å². The quantitative estimate of drug-likeness (QED) is 0.587. The number of hydrogen-bond donors (Lipinski definition) is 1. The lowest BCUT2D eigenvalue weighted by molar-refractivity contribution is 0.360. The maximum atomic E-state index is 3.45. The molecule has 2 aliphatic rings. The highest BCUT2D eigenvalue weighted by molar-refractivity contribution is 5.00. The van der Waals surface area contributed by atoms with Gasteiger partial charge in [-0.25, -0.2) is 0 Å². The fourth-order valence-corrected chi connectivity index (χ4v) is 2.42. The molecular formula is C11H19N. The third-order valence-electron chi connectivity index (χ3n) is 3.35. The van der Waals surface area contributed by atoms with E-state index in [0.717, 1.165) is 17.8 Å². The van der Waals surface area contributed by atoms with Gasteiger partial charge in [-0.15, -0.1) is 0 Å². The van der Waals surface area contributed by atoms with E-state index in [1.165, 1.54) is 32.4 Å². The summed E-state index contributed by atoms with van der Waals surface area (Å²) in [6.07, 6.45) is 9.09. The van der Waals surface area contributed by atoms with Crippen LogP contribution in [0.1, 0.15) is 26.2 Å². The summed E-state index contributed by atoms with van der Waals surface area (Å²) in [7, 11) is 0. The highest BCUT2D eigenvalue weighted by Crippen LogP contribution is 2.30. The van der Waals surface area contributed by atoms with Crippen molar-refractivity contribution < 1.29 is 0 Å². The van der Waals surface area contributed by atoms with Crippen molar-refractivity contribution in [1.29, 1.82) is 0 Å². The summed E-state index contributed by atoms with van der Waals surface area (Å²) in [5.74, 6) is 2.65. The molecule has 0 aromatic rings. The highest BCUT2D eigenvalue weighted by atomic mass is 14.9. The van der Waals surface area contributed by atoms with Gasteiger partial charge in [0.1, 0.15) is 0 Å². The van der Waals surface area contributed by atoms with Gasteiger partial charge in [-0.1, -0.05) is 19.1 Å². The fraction of sp³-hybridized carbons (Fsp3) is 0.818. The van der Waals surface area contributed by atoms with Gasteiger partial charge in [0.2, 0.25) is 0 Å². The Hall–Kier alpha value is -0.300. The molecule has 3 atom stereocenters. The molecule has 0 aromatic heterocycles. The minimum absolute atomic E-state index is 0.829. The van der Waals surface area contributed by atoms with Gasteiger partial charge in [-0.05, 0) is 50.1 Å². The third kappa shape index (κ3) is 1.71. The van der Waals surface area contributed by atoms with E-state index in [-0.39, 0.29) is 0 Å². The number of rotatable bonds is 1. The minimum Gasteiger partial charge on any atom is -0.316 e. The predicted octanol–water partition coefficient (Wildman–Crippen LogP) is 2.20. The second-order valence-corrected chi connectivity index (χ2v) is 4.36. The molecule has 12 heavy (non-hydrogen) atoms. The largest absolute Gasteiger partial charge is 0.316 e. The molecule has 2 rings (SSSR count). The van der Waals surface area contributed by atoms with E-state index in [2.05, 4.69) is 24.4 Å².